The van der Waals surface area contributed by atoms with Gasteiger partial charge in [0.15, 0.2) is 6.23 Å². The second-order valence-electron chi connectivity index (χ2n) is 3.87. The van der Waals surface area contributed by atoms with E-state index in [9.17, 15) is 15.0 Å². The van der Waals surface area contributed by atoms with Crippen LogP contribution >= 0.6 is 34.8 Å². The summed E-state index contributed by atoms with van der Waals surface area (Å²) in [5.74, 6) is 0. The van der Waals surface area contributed by atoms with Gasteiger partial charge in [0, 0.05) is 6.20 Å². The minimum absolute atomic E-state index is 0.295. The smallest absolute Gasteiger partial charge is 0.328 e. The van der Waals surface area contributed by atoms with Crippen LogP contribution in [0.25, 0.3) is 0 Å². The highest BCUT2D eigenvalue weighted by molar-refractivity contribution is 14.1. The average molecular weight is 386 g/mol. The first kappa shape index (κ1) is 14.1. The fraction of sp³-hybridized carbons (Fsp3) is 0.556. The molecule has 4 N–H and O–H groups in total. The highest BCUT2D eigenvalue weighted by atomic mass is 127. The highest BCUT2D eigenvalue weighted by Crippen LogP contribution is 2.28. The van der Waals surface area contributed by atoms with E-state index in [1.165, 1.54) is 6.20 Å². The van der Waals surface area contributed by atoms with Crippen molar-refractivity contribution >= 4 is 34.8 Å². The Morgan fingerprint density at radius 1 is 1.50 bits per heavy atom. The predicted molar refractivity (Wildman–Crippen MR) is 71.6 cm³/mol. The van der Waals surface area contributed by atoms with Crippen molar-refractivity contribution in [2.24, 2.45) is 0 Å². The van der Waals surface area contributed by atoms with Gasteiger partial charge in [-0.3, -0.25) is 9.55 Å². The van der Waals surface area contributed by atoms with Crippen molar-refractivity contribution in [3.05, 3.63) is 24.9 Å². The summed E-state index contributed by atoms with van der Waals surface area (Å²) < 4.78 is 7.27. The summed E-state index contributed by atoms with van der Waals surface area (Å²) in [5.41, 5.74) is -0.546. The van der Waals surface area contributed by atoms with Crippen LogP contribution in [0.3, 0.4) is 0 Å². The standard InChI is InChI=1S/C9H11IN2O5S/c10-3-1-12(9(16)11-7(3)18)8-6(15)5(14)4(2-13)17-8/h1,4-6,8,13-15H,2H2,(H,11,16,18)/t4-,5?,6?,8-/m0/s1. The van der Waals surface area contributed by atoms with Crippen LogP contribution in [-0.4, -0.2) is 49.8 Å². The molecule has 9 heteroatoms. The van der Waals surface area contributed by atoms with E-state index in [0.717, 1.165) is 4.57 Å². The summed E-state index contributed by atoms with van der Waals surface area (Å²) in [6.07, 6.45) is -3.07. The molecule has 1 fully saturated rings. The van der Waals surface area contributed by atoms with Crippen molar-refractivity contribution < 1.29 is 20.1 Å². The lowest BCUT2D eigenvalue weighted by atomic mass is 10.1. The number of hydrogen-bond donors (Lipinski definition) is 4. The zero-order chi connectivity index (χ0) is 13.4. The second kappa shape index (κ2) is 5.35. The first-order valence-electron chi connectivity index (χ1n) is 5.09. The number of ether oxygens (including phenoxy) is 1. The van der Waals surface area contributed by atoms with Crippen molar-refractivity contribution in [1.29, 1.82) is 0 Å². The average Bonchev–Trinajstić information content (AvgIpc) is 2.61. The molecule has 2 unspecified atom stereocenters. The first-order valence-corrected chi connectivity index (χ1v) is 6.58. The Labute approximate surface area is 120 Å². The van der Waals surface area contributed by atoms with Crippen LogP contribution in [0.5, 0.6) is 0 Å². The molecule has 0 saturated carbocycles. The van der Waals surface area contributed by atoms with E-state index in [2.05, 4.69) is 4.98 Å². The number of aliphatic hydroxyl groups is 3. The van der Waals surface area contributed by atoms with Crippen LogP contribution in [0.4, 0.5) is 0 Å². The predicted octanol–water partition coefficient (Wildman–Crippen LogP) is -0.878. The largest absolute Gasteiger partial charge is 0.394 e. The van der Waals surface area contributed by atoms with Gasteiger partial charge in [0.2, 0.25) is 0 Å². The number of aromatic nitrogens is 2. The van der Waals surface area contributed by atoms with Gasteiger partial charge in [-0.1, -0.05) is 12.2 Å². The first-order chi connectivity index (χ1) is 8.45. The molecule has 1 aromatic rings. The molecule has 7 nitrogen and oxygen atoms in total. The third kappa shape index (κ3) is 2.38. The van der Waals surface area contributed by atoms with Crippen molar-refractivity contribution in [2.75, 3.05) is 6.61 Å². The molecule has 100 valence electrons. The Bertz CT molecular complexity index is 559. The third-order valence-corrected chi connectivity index (χ3v) is 4.22. The summed E-state index contributed by atoms with van der Waals surface area (Å²) in [6.45, 7) is -0.441. The van der Waals surface area contributed by atoms with Gasteiger partial charge in [0.05, 0.1) is 10.2 Å². The van der Waals surface area contributed by atoms with Gasteiger partial charge in [-0.25, -0.2) is 4.79 Å². The SMILES string of the molecule is O=c1[nH]c(=S)c(I)cn1[C@H]1O[C@@H](CO)C(O)C1O. The molecular weight excluding hydrogens is 375 g/mol. The minimum atomic E-state index is -1.29. The molecule has 0 radical (unpaired) electrons. The number of hydrogen-bond acceptors (Lipinski definition) is 6. The lowest BCUT2D eigenvalue weighted by Gasteiger charge is -2.17. The van der Waals surface area contributed by atoms with Crippen LogP contribution < -0.4 is 5.69 Å². The van der Waals surface area contributed by atoms with Gasteiger partial charge in [0.25, 0.3) is 0 Å². The summed E-state index contributed by atoms with van der Waals surface area (Å²) in [4.78, 5) is 14.2. The maximum absolute atomic E-state index is 11.7. The second-order valence-corrected chi connectivity index (χ2v) is 5.44. The topological polar surface area (TPSA) is 108 Å². The number of aliphatic hydroxyl groups excluding tert-OH is 3. The number of halogens is 1. The van der Waals surface area contributed by atoms with Crippen molar-refractivity contribution in [2.45, 2.75) is 24.5 Å². The van der Waals surface area contributed by atoms with E-state index in [1.807, 2.05) is 22.6 Å². The molecule has 1 aliphatic rings. The van der Waals surface area contributed by atoms with Crippen LogP contribution in [0.2, 0.25) is 0 Å². The third-order valence-electron chi connectivity index (χ3n) is 2.72. The monoisotopic (exact) mass is 386 g/mol. The van der Waals surface area contributed by atoms with E-state index in [4.69, 9.17) is 22.1 Å². The van der Waals surface area contributed by atoms with Crippen LogP contribution in [-0.2, 0) is 4.74 Å². The lowest BCUT2D eigenvalue weighted by molar-refractivity contribution is -0.0551. The van der Waals surface area contributed by atoms with Gasteiger partial charge in [-0.15, -0.1) is 0 Å². The highest BCUT2D eigenvalue weighted by Gasteiger charge is 2.43. The number of nitrogens with zero attached hydrogens (tertiary/aromatic N) is 1. The Morgan fingerprint density at radius 3 is 2.72 bits per heavy atom. The minimum Gasteiger partial charge on any atom is -0.394 e. The summed E-state index contributed by atoms with van der Waals surface area (Å²) >= 11 is 6.84. The van der Waals surface area contributed by atoms with Gasteiger partial charge in [0.1, 0.15) is 23.0 Å². The summed E-state index contributed by atoms with van der Waals surface area (Å²) in [7, 11) is 0. The van der Waals surface area contributed by atoms with E-state index < -0.39 is 36.8 Å². The van der Waals surface area contributed by atoms with Gasteiger partial charge in [-0.05, 0) is 22.6 Å². The quantitative estimate of drug-likeness (QED) is 0.389. The van der Waals surface area contributed by atoms with Crippen molar-refractivity contribution in [3.63, 3.8) is 0 Å². The summed E-state index contributed by atoms with van der Waals surface area (Å²) in [6, 6.07) is 0. The lowest BCUT2D eigenvalue weighted by Crippen LogP contribution is -2.36. The molecule has 1 aliphatic heterocycles. The molecule has 1 aromatic heterocycles. The van der Waals surface area contributed by atoms with Crippen molar-refractivity contribution in [1.82, 2.24) is 9.55 Å². The Hall–Kier alpha value is -0.330. The molecule has 0 aromatic carbocycles. The van der Waals surface area contributed by atoms with Crippen LogP contribution in [0.15, 0.2) is 11.0 Å². The molecule has 4 atom stereocenters. The van der Waals surface area contributed by atoms with Gasteiger partial charge in [-0.2, -0.15) is 0 Å². The molecule has 0 aliphatic carbocycles. The van der Waals surface area contributed by atoms with Gasteiger partial charge >= 0.3 is 5.69 Å². The molecule has 18 heavy (non-hydrogen) atoms. The van der Waals surface area contributed by atoms with Gasteiger partial charge < -0.3 is 20.1 Å². The Kier molecular flexibility index (Phi) is 4.18. The Balaban J connectivity index is 2.42. The fourth-order valence-corrected chi connectivity index (χ4v) is 2.33. The maximum Gasteiger partial charge on any atom is 0.328 e. The van der Waals surface area contributed by atoms with Crippen LogP contribution in [0.1, 0.15) is 6.23 Å². The fourth-order valence-electron chi connectivity index (χ4n) is 1.76. The zero-order valence-corrected chi connectivity index (χ0v) is 12.0. The molecule has 0 spiro atoms. The number of H-pyrrole nitrogens is 1. The van der Waals surface area contributed by atoms with E-state index in [1.54, 1.807) is 0 Å². The number of nitrogens with one attached hydrogen (secondary N) is 1. The zero-order valence-electron chi connectivity index (χ0n) is 8.99. The van der Waals surface area contributed by atoms with Crippen LogP contribution in [0, 0.1) is 8.21 Å². The molecular formula is C9H11IN2O5S. The van der Waals surface area contributed by atoms with E-state index in [0.29, 0.717) is 8.21 Å². The maximum atomic E-state index is 11.7. The molecule has 1 saturated heterocycles. The number of rotatable bonds is 2. The molecule has 0 amide bonds. The molecule has 2 rings (SSSR count). The van der Waals surface area contributed by atoms with E-state index in [-0.39, 0.29) is 0 Å². The Morgan fingerprint density at radius 2 is 2.17 bits per heavy atom. The normalized spacial score (nSPS) is 31.8. The van der Waals surface area contributed by atoms with E-state index >= 15 is 0 Å². The molecule has 0 bridgehead atoms. The number of aromatic amines is 1. The molecule has 2 heterocycles. The summed E-state index contributed by atoms with van der Waals surface area (Å²) in [5, 5.41) is 28.4. The van der Waals surface area contributed by atoms with Crippen molar-refractivity contribution in [3.8, 4) is 0 Å².